The van der Waals surface area contributed by atoms with Gasteiger partial charge in [0.1, 0.15) is 5.60 Å². The van der Waals surface area contributed by atoms with E-state index >= 15 is 8.78 Å². The number of alkyl halides is 5. The van der Waals surface area contributed by atoms with Gasteiger partial charge in [-0.05, 0) is 67.1 Å². The van der Waals surface area contributed by atoms with Crippen molar-refractivity contribution in [1.29, 1.82) is 0 Å². The van der Waals surface area contributed by atoms with Gasteiger partial charge in [-0.25, -0.2) is 0 Å². The third-order valence-electron chi connectivity index (χ3n) is 12.7. The maximum atomic E-state index is 15.3. The quantitative estimate of drug-likeness (QED) is 0.270. The highest BCUT2D eigenvalue weighted by Gasteiger charge is 2.79. The van der Waals surface area contributed by atoms with Crippen molar-refractivity contribution in [3.63, 3.8) is 0 Å². The van der Waals surface area contributed by atoms with E-state index in [1.165, 1.54) is 6.92 Å². The van der Waals surface area contributed by atoms with Crippen molar-refractivity contribution in [3.8, 4) is 0 Å². The Morgan fingerprint density at radius 1 is 0.822 bits per heavy atom. The second-order valence-corrected chi connectivity index (χ2v) is 16.4. The first-order valence-electron chi connectivity index (χ1n) is 16.4. The highest BCUT2D eigenvalue weighted by molar-refractivity contribution is 5.45. The van der Waals surface area contributed by atoms with E-state index in [0.29, 0.717) is 52.1 Å². The molecule has 6 atom stereocenters. The van der Waals surface area contributed by atoms with E-state index in [1.54, 1.807) is 0 Å². The summed E-state index contributed by atoms with van der Waals surface area (Å²) < 4.78 is 90.4. The Morgan fingerprint density at radius 2 is 1.47 bits per heavy atom. The number of fused-ring (bicyclic) bond motifs is 4. The van der Waals surface area contributed by atoms with Crippen LogP contribution in [0.4, 0.5) is 22.0 Å². The predicted octanol–water partition coefficient (Wildman–Crippen LogP) is 7.20. The molecule has 10 heteroatoms. The Balaban J connectivity index is 1.32. The molecule has 2 aliphatic heterocycles. The Bertz CT molecular complexity index is 1370. The molecule has 6 aliphatic rings. The number of aliphatic hydroxyl groups is 2. The molecule has 5 fully saturated rings. The van der Waals surface area contributed by atoms with Gasteiger partial charge < -0.3 is 24.4 Å². The number of hydrogen-bond donors (Lipinski definition) is 2. The predicted molar refractivity (Wildman–Crippen MR) is 156 cm³/mol. The Morgan fingerprint density at radius 3 is 2.04 bits per heavy atom. The molecule has 45 heavy (non-hydrogen) atoms. The first-order valence-corrected chi connectivity index (χ1v) is 16.4. The Hall–Kier alpha value is -1.59. The molecule has 2 heterocycles. The van der Waals surface area contributed by atoms with E-state index in [-0.39, 0.29) is 36.0 Å². The molecule has 5 unspecified atom stereocenters. The smallest absolute Gasteiger partial charge is 0.385 e. The van der Waals surface area contributed by atoms with Crippen LogP contribution in [0.1, 0.15) is 96.1 Å². The van der Waals surface area contributed by atoms with Crippen molar-refractivity contribution < 1.29 is 46.4 Å². The summed E-state index contributed by atoms with van der Waals surface area (Å²) in [7, 11) is 0. The van der Waals surface area contributed by atoms with E-state index in [4.69, 9.17) is 14.2 Å². The average molecular weight is 641 g/mol. The summed E-state index contributed by atoms with van der Waals surface area (Å²) in [5.74, 6) is -7.63. The molecule has 1 spiro atoms. The molecule has 0 aromatic heterocycles. The second kappa shape index (κ2) is 9.74. The van der Waals surface area contributed by atoms with E-state index in [2.05, 4.69) is 20.8 Å². The third kappa shape index (κ3) is 4.47. The van der Waals surface area contributed by atoms with Crippen LogP contribution < -0.4 is 0 Å². The molecule has 1 aromatic carbocycles. The standard InChI is InChI=1S/C35H45F5O5/c1-28(2)17-44-32(45-18-28)13-10-26-27-23(9-12-31(26,41)16-32)25-11-14-33(42,34(36,37)35(38,39)40)30(25,4)15-24(27)21-5-7-22(8-6-21)29(3)19-43-20-29/h5-8,23-25,41-42H,9-20H2,1-4H3/t23?,24-,25?,30?,31?,33?/m1/s1. The molecule has 2 N–H and O–H groups in total. The molecule has 0 bridgehead atoms. The molecule has 7 rings (SSSR count). The van der Waals surface area contributed by atoms with Gasteiger partial charge in [0.25, 0.3) is 0 Å². The zero-order chi connectivity index (χ0) is 32.5. The van der Waals surface area contributed by atoms with Crippen molar-refractivity contribution in [3.05, 3.63) is 46.5 Å². The fourth-order valence-electron chi connectivity index (χ4n) is 10.00. The molecule has 0 radical (unpaired) electrons. The summed E-state index contributed by atoms with van der Waals surface area (Å²) in [6.45, 7) is 9.85. The van der Waals surface area contributed by atoms with Crippen LogP contribution in [-0.2, 0) is 19.6 Å². The van der Waals surface area contributed by atoms with Gasteiger partial charge in [0.05, 0.1) is 32.0 Å². The maximum absolute atomic E-state index is 15.3. The summed E-state index contributed by atoms with van der Waals surface area (Å²) in [6, 6.07) is 7.88. The normalized spacial score (nSPS) is 40.4. The molecule has 1 aromatic rings. The van der Waals surface area contributed by atoms with Crippen LogP contribution in [0.3, 0.4) is 0 Å². The molecule has 3 saturated carbocycles. The number of benzene rings is 1. The summed E-state index contributed by atoms with van der Waals surface area (Å²) in [5, 5.41) is 23.9. The van der Waals surface area contributed by atoms with E-state index < -0.39 is 52.8 Å². The number of rotatable bonds is 3. The van der Waals surface area contributed by atoms with Crippen LogP contribution in [0.2, 0.25) is 0 Å². The average Bonchev–Trinajstić information content (AvgIpc) is 3.23. The zero-order valence-corrected chi connectivity index (χ0v) is 26.5. The second-order valence-electron chi connectivity index (χ2n) is 16.4. The van der Waals surface area contributed by atoms with Crippen molar-refractivity contribution in [1.82, 2.24) is 0 Å². The van der Waals surface area contributed by atoms with Gasteiger partial charge in [-0.1, -0.05) is 57.5 Å². The lowest BCUT2D eigenvalue weighted by atomic mass is 9.49. The fraction of sp³-hybridized carbons (Fsp3) is 0.771. The number of halogens is 5. The monoisotopic (exact) mass is 640 g/mol. The molecule has 250 valence electrons. The minimum absolute atomic E-state index is 0.0633. The van der Waals surface area contributed by atoms with Gasteiger partial charge in [0, 0.05) is 35.0 Å². The first kappa shape index (κ1) is 32.0. The lowest BCUT2D eigenvalue weighted by Crippen LogP contribution is -2.65. The van der Waals surface area contributed by atoms with Crippen LogP contribution in [-0.4, -0.2) is 65.7 Å². The van der Waals surface area contributed by atoms with Gasteiger partial charge in [-0.15, -0.1) is 0 Å². The Kier molecular flexibility index (Phi) is 6.92. The van der Waals surface area contributed by atoms with E-state index in [9.17, 15) is 23.4 Å². The number of hydrogen-bond acceptors (Lipinski definition) is 5. The number of ether oxygens (including phenoxy) is 3. The van der Waals surface area contributed by atoms with Crippen LogP contribution in [0.25, 0.3) is 0 Å². The lowest BCUT2D eigenvalue weighted by molar-refractivity contribution is -0.362. The van der Waals surface area contributed by atoms with Crippen LogP contribution >= 0.6 is 0 Å². The number of allylic oxidation sites excluding steroid dienone is 1. The van der Waals surface area contributed by atoms with Crippen molar-refractivity contribution in [2.24, 2.45) is 22.7 Å². The minimum atomic E-state index is -5.88. The summed E-state index contributed by atoms with van der Waals surface area (Å²) >= 11 is 0. The molecular formula is C35H45F5O5. The minimum Gasteiger partial charge on any atom is -0.385 e. The SMILES string of the molecule is CC1(C)COC2(CCC3=C4C(CCC3(O)C2)C2CCC(O)(C(F)(F)C(F)(F)F)C2(C)C[C@@H]4c2ccc(C3(C)COC3)cc2)OC1. The van der Waals surface area contributed by atoms with E-state index in [0.717, 1.165) is 22.3 Å². The van der Waals surface area contributed by atoms with E-state index in [1.807, 2.05) is 24.3 Å². The van der Waals surface area contributed by atoms with Gasteiger partial charge in [-0.2, -0.15) is 22.0 Å². The third-order valence-corrected chi connectivity index (χ3v) is 12.7. The van der Waals surface area contributed by atoms with Crippen LogP contribution in [0, 0.1) is 22.7 Å². The summed E-state index contributed by atoms with van der Waals surface area (Å²) in [6.07, 6.45) is -4.50. The van der Waals surface area contributed by atoms with Crippen molar-refractivity contribution in [2.45, 2.75) is 119 Å². The van der Waals surface area contributed by atoms with Gasteiger partial charge in [0.15, 0.2) is 5.79 Å². The van der Waals surface area contributed by atoms with Crippen molar-refractivity contribution >= 4 is 0 Å². The van der Waals surface area contributed by atoms with Gasteiger partial charge in [-0.3, -0.25) is 0 Å². The molecule has 2 saturated heterocycles. The van der Waals surface area contributed by atoms with Crippen LogP contribution in [0.15, 0.2) is 35.4 Å². The van der Waals surface area contributed by atoms with Gasteiger partial charge in [0.2, 0.25) is 0 Å². The largest absolute Gasteiger partial charge is 0.456 e. The van der Waals surface area contributed by atoms with Crippen LogP contribution in [0.5, 0.6) is 0 Å². The zero-order valence-electron chi connectivity index (χ0n) is 26.5. The molecule has 0 amide bonds. The summed E-state index contributed by atoms with van der Waals surface area (Å²) in [4.78, 5) is 0. The van der Waals surface area contributed by atoms with Crippen molar-refractivity contribution in [2.75, 3.05) is 26.4 Å². The Labute approximate surface area is 261 Å². The van der Waals surface area contributed by atoms with Gasteiger partial charge >= 0.3 is 12.1 Å². The fourth-order valence-corrected chi connectivity index (χ4v) is 10.00. The topological polar surface area (TPSA) is 68.2 Å². The first-order chi connectivity index (χ1) is 20.8. The maximum Gasteiger partial charge on any atom is 0.456 e. The highest BCUT2D eigenvalue weighted by Crippen LogP contribution is 2.71. The molecule has 4 aliphatic carbocycles. The lowest BCUT2D eigenvalue weighted by Gasteiger charge is -2.59. The molecular weight excluding hydrogens is 595 g/mol. The summed E-state index contributed by atoms with van der Waals surface area (Å²) in [5.41, 5.74) is -2.77. The highest BCUT2D eigenvalue weighted by atomic mass is 19.4. The molecule has 5 nitrogen and oxygen atoms in total.